The molecule has 0 atom stereocenters. The molecule has 0 rings (SSSR count). The first-order valence-corrected chi connectivity index (χ1v) is 4.11. The third-order valence-corrected chi connectivity index (χ3v) is 1.38. The quantitative estimate of drug-likeness (QED) is 0.375. The van der Waals surface area contributed by atoms with Crippen molar-refractivity contribution in [1.82, 2.24) is 0 Å². The van der Waals surface area contributed by atoms with Crippen LogP contribution in [0, 0.1) is 22.7 Å². The van der Waals surface area contributed by atoms with Gasteiger partial charge in [-0.05, 0) is 25.0 Å². The average Bonchev–Trinajstić information content (AvgIpc) is 2.19. The maximum atomic E-state index is 8.49. The normalized spacial score (nSPS) is 9.69. The number of allylic oxidation sites excluding steroid dienone is 3. The van der Waals surface area contributed by atoms with Gasteiger partial charge in [-0.3, -0.25) is 0 Å². The van der Waals surface area contributed by atoms with Crippen molar-refractivity contribution in [3.63, 3.8) is 0 Å². The van der Waals surface area contributed by atoms with Crippen LogP contribution in [0.4, 0.5) is 0 Å². The Kier molecular flexibility index (Phi) is 6.01. The van der Waals surface area contributed by atoms with E-state index in [4.69, 9.17) is 15.3 Å². The summed E-state index contributed by atoms with van der Waals surface area (Å²) in [5.41, 5.74) is 0.952. The van der Waals surface area contributed by atoms with Crippen LogP contribution < -0.4 is 0 Å². The van der Waals surface area contributed by atoms with Crippen LogP contribution in [-0.2, 0) is 4.74 Å². The van der Waals surface area contributed by atoms with E-state index >= 15 is 0 Å². The molecule has 3 heteroatoms. The van der Waals surface area contributed by atoms with Gasteiger partial charge in [0.05, 0.1) is 12.9 Å². The Balaban J connectivity index is 4.55. The summed E-state index contributed by atoms with van der Waals surface area (Å²) < 4.78 is 5.05. The lowest BCUT2D eigenvalue weighted by Crippen LogP contribution is -1.84. The van der Waals surface area contributed by atoms with Crippen LogP contribution in [0.15, 0.2) is 23.5 Å². The molecular formula is C10H12N2O. The number of hydrogen-bond acceptors (Lipinski definition) is 3. The van der Waals surface area contributed by atoms with E-state index in [1.54, 1.807) is 18.4 Å². The maximum absolute atomic E-state index is 8.49. The minimum absolute atomic E-state index is 0.104. The maximum Gasteiger partial charge on any atom is 0.130 e. The smallest absolute Gasteiger partial charge is 0.130 e. The molecule has 0 spiro atoms. The van der Waals surface area contributed by atoms with Gasteiger partial charge < -0.3 is 4.74 Å². The van der Waals surface area contributed by atoms with Gasteiger partial charge in [-0.25, -0.2) is 0 Å². The minimum Gasteiger partial charge on any atom is -0.501 e. The molecule has 0 aromatic rings. The average molecular weight is 176 g/mol. The lowest BCUT2D eigenvalue weighted by molar-refractivity contribution is 0.266. The number of nitrogens with zero attached hydrogens (tertiary/aromatic N) is 2. The Morgan fingerprint density at radius 2 is 1.92 bits per heavy atom. The van der Waals surface area contributed by atoms with Gasteiger partial charge >= 0.3 is 0 Å². The third-order valence-electron chi connectivity index (χ3n) is 1.38. The van der Waals surface area contributed by atoms with Crippen LogP contribution in [0.2, 0.25) is 0 Å². The van der Waals surface area contributed by atoms with Crippen LogP contribution in [0.1, 0.15) is 20.3 Å². The minimum atomic E-state index is 0.104. The highest BCUT2D eigenvalue weighted by Crippen LogP contribution is 2.06. The predicted octanol–water partition coefficient (Wildman–Crippen LogP) is 2.29. The SMILES string of the molecule is CCO/C=C(/C=C(C#N)C#N)CC. The molecule has 0 saturated heterocycles. The van der Waals surface area contributed by atoms with Crippen molar-refractivity contribution in [2.75, 3.05) is 6.61 Å². The number of rotatable bonds is 4. The summed E-state index contributed by atoms with van der Waals surface area (Å²) in [6.07, 6.45) is 3.86. The molecule has 68 valence electrons. The summed E-state index contributed by atoms with van der Waals surface area (Å²) in [7, 11) is 0. The van der Waals surface area contributed by atoms with Crippen molar-refractivity contribution in [3.05, 3.63) is 23.5 Å². The molecule has 0 unspecified atom stereocenters. The van der Waals surface area contributed by atoms with E-state index < -0.39 is 0 Å². The van der Waals surface area contributed by atoms with Crippen LogP contribution in [0.25, 0.3) is 0 Å². The highest BCUT2D eigenvalue weighted by Gasteiger charge is 1.94. The van der Waals surface area contributed by atoms with Crippen LogP contribution in [-0.4, -0.2) is 6.61 Å². The van der Waals surface area contributed by atoms with Crippen LogP contribution >= 0.6 is 0 Å². The summed E-state index contributed by atoms with van der Waals surface area (Å²) in [6.45, 7) is 4.41. The highest BCUT2D eigenvalue weighted by atomic mass is 16.5. The molecule has 0 heterocycles. The fraction of sp³-hybridized carbons (Fsp3) is 0.400. The van der Waals surface area contributed by atoms with Crippen molar-refractivity contribution in [2.45, 2.75) is 20.3 Å². The van der Waals surface area contributed by atoms with Gasteiger partial charge in [0, 0.05) is 0 Å². The lowest BCUT2D eigenvalue weighted by Gasteiger charge is -1.98. The fourth-order valence-electron chi connectivity index (χ4n) is 0.685. The zero-order chi connectivity index (χ0) is 10.1. The molecule has 0 saturated carbocycles. The standard InChI is InChI=1S/C10H12N2O/c1-3-9(8-13-4-2)5-10(6-11)7-12/h5,8H,3-4H2,1-2H3/b9-8+. The van der Waals surface area contributed by atoms with Gasteiger partial charge in [0.25, 0.3) is 0 Å². The van der Waals surface area contributed by atoms with Crippen molar-refractivity contribution >= 4 is 0 Å². The Morgan fingerprint density at radius 1 is 1.31 bits per heavy atom. The van der Waals surface area contributed by atoms with Gasteiger partial charge in [-0.15, -0.1) is 0 Å². The molecule has 0 aromatic carbocycles. The van der Waals surface area contributed by atoms with Crippen molar-refractivity contribution in [3.8, 4) is 12.1 Å². The van der Waals surface area contributed by atoms with E-state index in [1.165, 1.54) is 6.08 Å². The summed E-state index contributed by atoms with van der Waals surface area (Å²) in [5.74, 6) is 0. The number of nitriles is 2. The second-order valence-corrected chi connectivity index (χ2v) is 2.28. The first-order valence-electron chi connectivity index (χ1n) is 4.11. The van der Waals surface area contributed by atoms with Crippen molar-refractivity contribution < 1.29 is 4.74 Å². The fourth-order valence-corrected chi connectivity index (χ4v) is 0.685. The molecule has 0 radical (unpaired) electrons. The zero-order valence-corrected chi connectivity index (χ0v) is 7.87. The van der Waals surface area contributed by atoms with E-state index in [2.05, 4.69) is 0 Å². The topological polar surface area (TPSA) is 56.8 Å². The molecule has 3 nitrogen and oxygen atoms in total. The van der Waals surface area contributed by atoms with Crippen LogP contribution in [0.3, 0.4) is 0 Å². The second kappa shape index (κ2) is 6.94. The second-order valence-electron chi connectivity index (χ2n) is 2.28. The predicted molar refractivity (Wildman–Crippen MR) is 49.3 cm³/mol. The summed E-state index contributed by atoms with van der Waals surface area (Å²) >= 11 is 0. The summed E-state index contributed by atoms with van der Waals surface area (Å²) in [4.78, 5) is 0. The summed E-state index contributed by atoms with van der Waals surface area (Å²) in [5, 5.41) is 17.0. The largest absolute Gasteiger partial charge is 0.501 e. The Labute approximate surface area is 78.5 Å². The molecule has 0 bridgehead atoms. The van der Waals surface area contributed by atoms with Gasteiger partial charge in [0.2, 0.25) is 0 Å². The van der Waals surface area contributed by atoms with Crippen molar-refractivity contribution in [1.29, 1.82) is 10.5 Å². The van der Waals surface area contributed by atoms with Crippen LogP contribution in [0.5, 0.6) is 0 Å². The van der Waals surface area contributed by atoms with Gasteiger partial charge in [-0.2, -0.15) is 10.5 Å². The van der Waals surface area contributed by atoms with Gasteiger partial charge in [0.1, 0.15) is 17.7 Å². The molecule has 13 heavy (non-hydrogen) atoms. The molecule has 0 N–H and O–H groups in total. The molecule has 0 aliphatic heterocycles. The summed E-state index contributed by atoms with van der Waals surface area (Å²) in [6, 6.07) is 3.59. The zero-order valence-electron chi connectivity index (χ0n) is 7.87. The number of ether oxygens (including phenoxy) is 1. The molecule has 0 fully saturated rings. The highest BCUT2D eigenvalue weighted by molar-refractivity contribution is 5.40. The van der Waals surface area contributed by atoms with E-state index in [0.717, 1.165) is 12.0 Å². The first kappa shape index (κ1) is 11.3. The molecule has 0 aliphatic rings. The van der Waals surface area contributed by atoms with E-state index in [9.17, 15) is 0 Å². The Bertz CT molecular complexity index is 273. The third kappa shape index (κ3) is 4.66. The Hall–Kier alpha value is -1.74. The van der Waals surface area contributed by atoms with E-state index in [0.29, 0.717) is 6.61 Å². The van der Waals surface area contributed by atoms with Gasteiger partial charge in [0.15, 0.2) is 0 Å². The monoisotopic (exact) mass is 176 g/mol. The molecule has 0 aromatic heterocycles. The molecule has 0 aliphatic carbocycles. The van der Waals surface area contributed by atoms with E-state index in [1.807, 2.05) is 13.8 Å². The number of hydrogen-bond donors (Lipinski definition) is 0. The van der Waals surface area contributed by atoms with Gasteiger partial charge in [-0.1, -0.05) is 6.92 Å². The molecular weight excluding hydrogens is 164 g/mol. The molecule has 0 amide bonds. The van der Waals surface area contributed by atoms with Crippen molar-refractivity contribution in [2.24, 2.45) is 0 Å². The first-order chi connectivity index (χ1) is 6.28. The lowest BCUT2D eigenvalue weighted by atomic mass is 10.1. The Morgan fingerprint density at radius 3 is 2.31 bits per heavy atom. The van der Waals surface area contributed by atoms with E-state index in [-0.39, 0.29) is 5.57 Å².